The molecule has 3 rings (SSSR count). The van der Waals surface area contributed by atoms with Gasteiger partial charge in [-0.15, -0.1) is 0 Å². The Morgan fingerprint density at radius 1 is 1.00 bits per heavy atom. The Balaban J connectivity index is 2.17. The molecule has 0 aliphatic heterocycles. The molecule has 3 aromatic carbocycles. The maximum atomic E-state index is 11.5. The minimum Gasteiger partial charge on any atom is -0.508 e. The molecule has 0 aliphatic rings. The summed E-state index contributed by atoms with van der Waals surface area (Å²) in [7, 11) is 0. The second-order valence-electron chi connectivity index (χ2n) is 6.20. The molecule has 6 heteroatoms. The Morgan fingerprint density at radius 3 is 2.30 bits per heavy atom. The number of carboxylic acid groups (broad SMARTS) is 1. The molecule has 0 radical (unpaired) electrons. The van der Waals surface area contributed by atoms with Crippen LogP contribution in [0.3, 0.4) is 0 Å². The van der Waals surface area contributed by atoms with Crippen molar-refractivity contribution < 1.29 is 20.1 Å². The van der Waals surface area contributed by atoms with Gasteiger partial charge in [0.1, 0.15) is 17.1 Å². The first-order chi connectivity index (χ1) is 12.9. The average Bonchev–Trinajstić information content (AvgIpc) is 2.63. The summed E-state index contributed by atoms with van der Waals surface area (Å²) in [5, 5.41) is 33.6. The normalized spacial score (nSPS) is 11.8. The Kier molecular flexibility index (Phi) is 5.37. The molecular formula is C21H18BrNO4. The molecule has 5 nitrogen and oxygen atoms in total. The van der Waals surface area contributed by atoms with Crippen LogP contribution in [0.2, 0.25) is 0 Å². The molecule has 0 spiro atoms. The van der Waals surface area contributed by atoms with Crippen LogP contribution in [0.25, 0.3) is 0 Å². The molecule has 0 bridgehead atoms. The summed E-state index contributed by atoms with van der Waals surface area (Å²) in [6.45, 7) is 1.98. The third-order valence-corrected chi connectivity index (χ3v) is 4.71. The molecule has 0 fully saturated rings. The minimum atomic E-state index is -1.23. The highest BCUT2D eigenvalue weighted by molar-refractivity contribution is 9.10. The van der Waals surface area contributed by atoms with E-state index in [0.717, 1.165) is 11.3 Å². The van der Waals surface area contributed by atoms with E-state index in [9.17, 15) is 20.1 Å². The maximum absolute atomic E-state index is 11.5. The average molecular weight is 428 g/mol. The fourth-order valence-electron chi connectivity index (χ4n) is 2.87. The third-order valence-electron chi connectivity index (χ3n) is 4.26. The number of aromatic hydroxyl groups is 2. The van der Waals surface area contributed by atoms with E-state index in [1.54, 1.807) is 30.3 Å². The highest BCUT2D eigenvalue weighted by Crippen LogP contribution is 2.39. The lowest BCUT2D eigenvalue weighted by atomic mass is 9.94. The summed E-state index contributed by atoms with van der Waals surface area (Å²) in [6, 6.07) is 16.7. The van der Waals surface area contributed by atoms with Crippen molar-refractivity contribution >= 4 is 27.6 Å². The number of hydrogen-bond donors (Lipinski definition) is 4. The SMILES string of the molecule is Cc1ccc(NC(c2ccccc2O)c2cc(Br)cc(C(=O)O)c2O)cc1. The number of para-hydroxylation sites is 1. The first-order valence-electron chi connectivity index (χ1n) is 8.23. The van der Waals surface area contributed by atoms with Crippen molar-refractivity contribution in [1.29, 1.82) is 0 Å². The number of hydrogen-bond acceptors (Lipinski definition) is 4. The number of nitrogens with one attached hydrogen (secondary N) is 1. The zero-order valence-corrected chi connectivity index (χ0v) is 16.1. The van der Waals surface area contributed by atoms with Gasteiger partial charge in [0.15, 0.2) is 0 Å². The summed E-state index contributed by atoms with van der Waals surface area (Å²) in [4.78, 5) is 11.5. The lowest BCUT2D eigenvalue weighted by molar-refractivity contribution is 0.0693. The molecule has 0 saturated carbocycles. The quantitative estimate of drug-likeness (QED) is 0.456. The Bertz CT molecular complexity index is 986. The highest BCUT2D eigenvalue weighted by Gasteiger charge is 2.25. The van der Waals surface area contributed by atoms with E-state index < -0.39 is 12.0 Å². The summed E-state index contributed by atoms with van der Waals surface area (Å²) in [6.07, 6.45) is 0. The Morgan fingerprint density at radius 2 is 1.67 bits per heavy atom. The number of carbonyl (C=O) groups is 1. The molecule has 0 amide bonds. The lowest BCUT2D eigenvalue weighted by Gasteiger charge is -2.23. The summed E-state index contributed by atoms with van der Waals surface area (Å²) >= 11 is 3.31. The summed E-state index contributed by atoms with van der Waals surface area (Å²) < 4.78 is 0.513. The number of carboxylic acids is 1. The van der Waals surface area contributed by atoms with Crippen molar-refractivity contribution in [3.05, 3.63) is 87.4 Å². The van der Waals surface area contributed by atoms with Gasteiger partial charge in [-0.25, -0.2) is 4.79 Å². The van der Waals surface area contributed by atoms with E-state index in [0.29, 0.717) is 15.6 Å². The summed E-state index contributed by atoms with van der Waals surface area (Å²) in [5.74, 6) is -1.54. The van der Waals surface area contributed by atoms with Crippen LogP contribution >= 0.6 is 15.9 Å². The van der Waals surface area contributed by atoms with Crippen LogP contribution in [0, 0.1) is 6.92 Å². The molecule has 0 aliphatic carbocycles. The van der Waals surface area contributed by atoms with Crippen LogP contribution < -0.4 is 5.32 Å². The van der Waals surface area contributed by atoms with E-state index in [1.807, 2.05) is 31.2 Å². The molecule has 1 unspecified atom stereocenters. The van der Waals surface area contributed by atoms with Crippen molar-refractivity contribution in [2.24, 2.45) is 0 Å². The molecule has 27 heavy (non-hydrogen) atoms. The van der Waals surface area contributed by atoms with E-state index in [2.05, 4.69) is 21.2 Å². The van der Waals surface area contributed by atoms with Crippen molar-refractivity contribution in [3.8, 4) is 11.5 Å². The molecule has 0 saturated heterocycles. The van der Waals surface area contributed by atoms with E-state index >= 15 is 0 Å². The molecule has 4 N–H and O–H groups in total. The van der Waals surface area contributed by atoms with Crippen molar-refractivity contribution in [1.82, 2.24) is 0 Å². The number of aryl methyl sites for hydroxylation is 1. The van der Waals surface area contributed by atoms with Gasteiger partial charge < -0.3 is 20.6 Å². The number of benzene rings is 3. The highest BCUT2D eigenvalue weighted by atomic mass is 79.9. The number of aromatic carboxylic acids is 1. The smallest absolute Gasteiger partial charge is 0.339 e. The topological polar surface area (TPSA) is 89.8 Å². The van der Waals surface area contributed by atoms with Gasteiger partial charge in [0.2, 0.25) is 0 Å². The predicted octanol–water partition coefficient (Wildman–Crippen LogP) is 5.07. The van der Waals surface area contributed by atoms with Crippen molar-refractivity contribution in [2.75, 3.05) is 5.32 Å². The number of phenolic OH excluding ortho intramolecular Hbond substituents is 1. The second-order valence-corrected chi connectivity index (χ2v) is 7.11. The maximum Gasteiger partial charge on any atom is 0.339 e. The van der Waals surface area contributed by atoms with E-state index in [4.69, 9.17) is 0 Å². The fraction of sp³-hybridized carbons (Fsp3) is 0.0952. The number of halogens is 1. The third kappa shape index (κ3) is 4.06. The van der Waals surface area contributed by atoms with Crippen LogP contribution in [0.1, 0.15) is 33.1 Å². The fourth-order valence-corrected chi connectivity index (χ4v) is 3.35. The van der Waals surface area contributed by atoms with E-state index in [-0.39, 0.29) is 17.1 Å². The lowest BCUT2D eigenvalue weighted by Crippen LogP contribution is -2.14. The molecule has 0 aromatic heterocycles. The van der Waals surface area contributed by atoms with Gasteiger partial charge in [-0.2, -0.15) is 0 Å². The predicted molar refractivity (Wildman–Crippen MR) is 108 cm³/mol. The first-order valence-corrected chi connectivity index (χ1v) is 9.03. The standard InChI is InChI=1S/C21H18BrNO4/c1-12-6-8-14(9-7-12)23-19(15-4-2-3-5-18(15)24)16-10-13(22)11-17(20(16)25)21(26)27/h2-11,19,23-25H,1H3,(H,26,27). The zero-order valence-electron chi connectivity index (χ0n) is 14.5. The molecule has 0 heterocycles. The number of phenols is 2. The van der Waals surface area contributed by atoms with Crippen LogP contribution in [0.4, 0.5) is 5.69 Å². The first kappa shape index (κ1) is 18.8. The molecule has 138 valence electrons. The van der Waals surface area contributed by atoms with Crippen LogP contribution in [0.15, 0.2) is 65.1 Å². The van der Waals surface area contributed by atoms with Crippen LogP contribution in [-0.4, -0.2) is 21.3 Å². The van der Waals surface area contributed by atoms with Crippen LogP contribution in [-0.2, 0) is 0 Å². The second kappa shape index (κ2) is 7.72. The zero-order chi connectivity index (χ0) is 19.6. The Labute approximate surface area is 165 Å². The van der Waals surface area contributed by atoms with Crippen molar-refractivity contribution in [2.45, 2.75) is 13.0 Å². The monoisotopic (exact) mass is 427 g/mol. The summed E-state index contributed by atoms with van der Waals surface area (Å²) in [5.41, 5.74) is 2.50. The minimum absolute atomic E-state index is 0.0402. The van der Waals surface area contributed by atoms with Crippen LogP contribution in [0.5, 0.6) is 11.5 Å². The van der Waals surface area contributed by atoms with E-state index in [1.165, 1.54) is 6.07 Å². The van der Waals surface area contributed by atoms with Gasteiger partial charge in [-0.1, -0.05) is 51.8 Å². The number of anilines is 1. The van der Waals surface area contributed by atoms with Gasteiger partial charge in [0.05, 0.1) is 6.04 Å². The molecular weight excluding hydrogens is 410 g/mol. The Hall–Kier alpha value is -2.99. The van der Waals surface area contributed by atoms with Crippen molar-refractivity contribution in [3.63, 3.8) is 0 Å². The van der Waals surface area contributed by atoms with Gasteiger partial charge in [0, 0.05) is 21.3 Å². The molecule has 1 atom stereocenters. The van der Waals surface area contributed by atoms with Gasteiger partial charge in [-0.05, 0) is 37.3 Å². The largest absolute Gasteiger partial charge is 0.508 e. The van der Waals surface area contributed by atoms with Gasteiger partial charge in [-0.3, -0.25) is 0 Å². The number of rotatable bonds is 5. The van der Waals surface area contributed by atoms with Gasteiger partial charge >= 0.3 is 5.97 Å². The molecule has 3 aromatic rings. The van der Waals surface area contributed by atoms with Gasteiger partial charge in [0.25, 0.3) is 0 Å².